The maximum atomic E-state index is 13.4. The number of hydrogen-bond donors (Lipinski definition) is 2. The van der Waals surface area contributed by atoms with Gasteiger partial charge in [0, 0.05) is 24.4 Å². The van der Waals surface area contributed by atoms with Gasteiger partial charge in [-0.3, -0.25) is 14.8 Å². The summed E-state index contributed by atoms with van der Waals surface area (Å²) in [6.07, 6.45) is 3.30. The molecule has 1 atom stereocenters. The van der Waals surface area contributed by atoms with Gasteiger partial charge in [-0.1, -0.05) is 24.3 Å². The van der Waals surface area contributed by atoms with Crippen molar-refractivity contribution >= 4 is 5.91 Å². The molecular formula is C23H21FN2O4. The summed E-state index contributed by atoms with van der Waals surface area (Å²) in [4.78, 5) is 24.2. The minimum absolute atomic E-state index is 0.179. The fraction of sp³-hybridized carbons (Fsp3) is 0.217. The molecule has 1 aliphatic rings. The van der Waals surface area contributed by atoms with E-state index in [0.717, 1.165) is 29.5 Å². The molecule has 0 unspecified atom stereocenters. The maximum absolute atomic E-state index is 13.4. The molecule has 1 fully saturated rings. The van der Waals surface area contributed by atoms with E-state index in [1.807, 2.05) is 6.07 Å². The van der Waals surface area contributed by atoms with Gasteiger partial charge in [0.1, 0.15) is 11.4 Å². The van der Waals surface area contributed by atoms with Crippen LogP contribution in [0.5, 0.6) is 0 Å². The summed E-state index contributed by atoms with van der Waals surface area (Å²) in [5.41, 5.74) is 3.40. The van der Waals surface area contributed by atoms with E-state index in [4.69, 9.17) is 9.94 Å². The molecule has 0 aliphatic carbocycles. The third kappa shape index (κ3) is 3.77. The highest BCUT2D eigenvalue weighted by molar-refractivity contribution is 5.93. The van der Waals surface area contributed by atoms with Gasteiger partial charge < -0.3 is 9.30 Å². The molecule has 7 heteroatoms. The van der Waals surface area contributed by atoms with Crippen molar-refractivity contribution in [2.45, 2.75) is 25.0 Å². The molecule has 1 aromatic heterocycles. The molecule has 30 heavy (non-hydrogen) atoms. The number of hydroxylamine groups is 1. The molecule has 154 valence electrons. The van der Waals surface area contributed by atoms with Crippen molar-refractivity contribution < 1.29 is 19.1 Å². The van der Waals surface area contributed by atoms with Crippen LogP contribution in [0.25, 0.3) is 0 Å². The van der Waals surface area contributed by atoms with Crippen molar-refractivity contribution in [1.82, 2.24) is 10.0 Å². The zero-order valence-corrected chi connectivity index (χ0v) is 16.2. The van der Waals surface area contributed by atoms with Crippen molar-refractivity contribution in [2.24, 2.45) is 0 Å². The Morgan fingerprint density at radius 1 is 1.10 bits per heavy atom. The molecule has 1 amide bonds. The van der Waals surface area contributed by atoms with Gasteiger partial charge in [-0.2, -0.15) is 0 Å². The average molecular weight is 408 g/mol. The van der Waals surface area contributed by atoms with Crippen LogP contribution in [0.15, 0.2) is 71.7 Å². The average Bonchev–Trinajstić information content (AvgIpc) is 3.27. The zero-order chi connectivity index (χ0) is 21.1. The lowest BCUT2D eigenvalue weighted by molar-refractivity contribution is 0.0357. The van der Waals surface area contributed by atoms with Gasteiger partial charge in [0.25, 0.3) is 11.5 Å². The number of nitrogens with one attached hydrogen (secondary N) is 1. The Kier molecular flexibility index (Phi) is 5.48. The second-order valence-corrected chi connectivity index (χ2v) is 7.31. The number of pyridine rings is 1. The molecule has 3 aromatic rings. The molecular weight excluding hydrogens is 387 g/mol. The Morgan fingerprint density at radius 3 is 2.43 bits per heavy atom. The number of amides is 1. The number of carbonyl (C=O) groups is 1. The number of carbonyl (C=O) groups excluding carboxylic acids is 1. The minimum Gasteiger partial charge on any atom is -0.366 e. The lowest BCUT2D eigenvalue weighted by Crippen LogP contribution is -2.30. The zero-order valence-electron chi connectivity index (χ0n) is 16.2. The summed E-state index contributed by atoms with van der Waals surface area (Å²) in [6, 6.07) is 16.3. The summed E-state index contributed by atoms with van der Waals surface area (Å²) in [6.45, 7) is 0.915. The number of hydrogen-bond acceptors (Lipinski definition) is 4. The summed E-state index contributed by atoms with van der Waals surface area (Å²) in [5, 5.41) is 8.69. The molecule has 2 heterocycles. The van der Waals surface area contributed by atoms with Gasteiger partial charge in [-0.25, -0.2) is 9.87 Å². The first-order valence-electron chi connectivity index (χ1n) is 9.66. The smallest absolute Gasteiger partial charge is 0.274 e. The Labute approximate surface area is 172 Å². The van der Waals surface area contributed by atoms with E-state index < -0.39 is 11.5 Å². The lowest BCUT2D eigenvalue weighted by Gasteiger charge is -2.29. The Bertz CT molecular complexity index is 1100. The number of benzene rings is 2. The van der Waals surface area contributed by atoms with Crippen LogP contribution in [0.2, 0.25) is 0 Å². The van der Waals surface area contributed by atoms with Crippen LogP contribution < -0.4 is 11.0 Å². The molecule has 2 N–H and O–H groups in total. The van der Waals surface area contributed by atoms with E-state index in [1.165, 1.54) is 12.1 Å². The predicted molar refractivity (Wildman–Crippen MR) is 108 cm³/mol. The second-order valence-electron chi connectivity index (χ2n) is 7.31. The van der Waals surface area contributed by atoms with E-state index in [2.05, 4.69) is 0 Å². The fourth-order valence-electron chi connectivity index (χ4n) is 3.89. The lowest BCUT2D eigenvalue weighted by atomic mass is 9.84. The third-order valence-corrected chi connectivity index (χ3v) is 5.47. The predicted octanol–water partition coefficient (Wildman–Crippen LogP) is 3.21. The molecule has 0 radical (unpaired) electrons. The van der Waals surface area contributed by atoms with Crippen LogP contribution in [0.3, 0.4) is 0 Å². The molecule has 1 saturated heterocycles. The number of rotatable bonds is 5. The first-order valence-corrected chi connectivity index (χ1v) is 9.66. The van der Waals surface area contributed by atoms with Crippen molar-refractivity contribution in [3.63, 3.8) is 0 Å². The van der Waals surface area contributed by atoms with E-state index in [-0.39, 0.29) is 11.4 Å². The monoisotopic (exact) mass is 408 g/mol. The van der Waals surface area contributed by atoms with E-state index in [1.54, 1.807) is 58.7 Å². The van der Waals surface area contributed by atoms with Gasteiger partial charge in [-0.05, 0) is 59.9 Å². The van der Waals surface area contributed by atoms with Crippen molar-refractivity contribution in [1.29, 1.82) is 0 Å². The first-order chi connectivity index (χ1) is 14.5. The van der Waals surface area contributed by atoms with Crippen molar-refractivity contribution in [3.8, 4) is 0 Å². The van der Waals surface area contributed by atoms with Crippen molar-refractivity contribution in [3.05, 3.63) is 105 Å². The van der Waals surface area contributed by atoms with Crippen LogP contribution >= 0.6 is 0 Å². The Morgan fingerprint density at radius 2 is 1.83 bits per heavy atom. The molecule has 6 nitrogen and oxygen atoms in total. The number of ether oxygens (including phenoxy) is 1. The van der Waals surface area contributed by atoms with Crippen molar-refractivity contribution in [2.75, 3.05) is 6.61 Å². The minimum atomic E-state index is -0.745. The van der Waals surface area contributed by atoms with Crippen LogP contribution in [-0.2, 0) is 16.9 Å². The molecule has 1 aliphatic heterocycles. The number of halogens is 1. The normalized spacial score (nSPS) is 18.3. The fourth-order valence-corrected chi connectivity index (χ4v) is 3.89. The Hall–Kier alpha value is -3.29. The van der Waals surface area contributed by atoms with E-state index in [0.29, 0.717) is 18.7 Å². The number of nitrogens with zero attached hydrogens (tertiary/aromatic N) is 1. The second kappa shape index (κ2) is 8.22. The maximum Gasteiger partial charge on any atom is 0.274 e. The van der Waals surface area contributed by atoms with Crippen LogP contribution in [0.1, 0.15) is 39.9 Å². The third-order valence-electron chi connectivity index (χ3n) is 5.47. The molecule has 0 saturated carbocycles. The summed E-state index contributed by atoms with van der Waals surface area (Å²) < 4.78 is 21.0. The standard InChI is InChI=1S/C23H21FN2O4/c24-20-8-6-18(7-9-20)23(11-1-13-30-23)19-10-12-26(21(27)14-19)15-16-2-4-17(5-3-16)22(28)25-29/h2-10,12,14,29H,1,11,13,15H2,(H,25,28)/t23-/m1/s1. The number of aromatic nitrogens is 1. The van der Waals surface area contributed by atoms with Crippen LogP contribution in [0, 0.1) is 5.82 Å². The van der Waals surface area contributed by atoms with E-state index in [9.17, 15) is 14.0 Å². The van der Waals surface area contributed by atoms with Gasteiger partial charge in [0.05, 0.1) is 6.54 Å². The first kappa shape index (κ1) is 20.0. The van der Waals surface area contributed by atoms with Crippen LogP contribution in [-0.4, -0.2) is 22.3 Å². The SMILES string of the molecule is O=C(NO)c1ccc(Cn2ccc([C@]3(c4ccc(F)cc4)CCCO3)cc2=O)cc1. The molecule has 4 rings (SSSR count). The highest BCUT2D eigenvalue weighted by Gasteiger charge is 2.39. The van der Waals surface area contributed by atoms with Gasteiger partial charge in [0.2, 0.25) is 0 Å². The quantitative estimate of drug-likeness (QED) is 0.502. The van der Waals surface area contributed by atoms with Gasteiger partial charge in [-0.15, -0.1) is 0 Å². The summed E-state index contributed by atoms with van der Waals surface area (Å²) in [5.74, 6) is -0.907. The van der Waals surface area contributed by atoms with E-state index >= 15 is 0 Å². The van der Waals surface area contributed by atoms with Gasteiger partial charge in [0.15, 0.2) is 0 Å². The highest BCUT2D eigenvalue weighted by atomic mass is 19.1. The topological polar surface area (TPSA) is 80.6 Å². The largest absolute Gasteiger partial charge is 0.366 e. The van der Waals surface area contributed by atoms with Gasteiger partial charge >= 0.3 is 0 Å². The Balaban J connectivity index is 1.61. The molecule has 0 spiro atoms. The molecule has 2 aromatic carbocycles. The molecule has 0 bridgehead atoms. The summed E-state index contributed by atoms with van der Waals surface area (Å²) in [7, 11) is 0. The summed E-state index contributed by atoms with van der Waals surface area (Å²) >= 11 is 0. The highest BCUT2D eigenvalue weighted by Crippen LogP contribution is 2.41. The van der Waals surface area contributed by atoms with Crippen LogP contribution in [0.4, 0.5) is 4.39 Å².